The zero-order valence-corrected chi connectivity index (χ0v) is 15.6. The summed E-state index contributed by atoms with van der Waals surface area (Å²) in [5.74, 6) is 0.886. The molecular formula is C18H25N3O3S. The molecule has 2 saturated heterocycles. The molecule has 2 aliphatic rings. The molecule has 1 atom stereocenters. The lowest BCUT2D eigenvalue weighted by Crippen LogP contribution is -2.53. The number of hydrogen-bond acceptors (Lipinski definition) is 4. The largest absolute Gasteiger partial charge is 0.495 e. The number of piperazine rings is 1. The summed E-state index contributed by atoms with van der Waals surface area (Å²) in [5, 5.41) is 3.94. The van der Waals surface area contributed by atoms with E-state index < -0.39 is 0 Å². The first-order chi connectivity index (χ1) is 12.1. The molecule has 6 nitrogen and oxygen atoms in total. The quantitative estimate of drug-likeness (QED) is 0.830. The smallest absolute Gasteiger partial charge is 0.251 e. The number of nitrogens with one attached hydrogen (secondary N) is 1. The van der Waals surface area contributed by atoms with Crippen molar-refractivity contribution in [1.29, 1.82) is 0 Å². The lowest BCUT2D eigenvalue weighted by molar-refractivity contribution is -0.142. The van der Waals surface area contributed by atoms with Crippen molar-refractivity contribution in [2.24, 2.45) is 0 Å². The molecule has 2 aliphatic heterocycles. The molecule has 7 heteroatoms. The van der Waals surface area contributed by atoms with Gasteiger partial charge in [-0.2, -0.15) is 0 Å². The summed E-state index contributed by atoms with van der Waals surface area (Å²) in [4.78, 5) is 16.4. The summed E-state index contributed by atoms with van der Waals surface area (Å²) in [6.45, 7) is 5.51. The number of ether oxygens (including phenoxy) is 2. The zero-order chi connectivity index (χ0) is 17.8. The van der Waals surface area contributed by atoms with Crippen LogP contribution in [0.3, 0.4) is 0 Å². The number of nitrogens with zero attached hydrogens (tertiary/aromatic N) is 2. The summed E-state index contributed by atoms with van der Waals surface area (Å²) in [6, 6.07) is 5.95. The molecule has 1 aromatic rings. The number of carbonyl (C=O) groups is 1. The number of amides is 1. The number of methoxy groups -OCH3 is 1. The number of aryl methyl sites for hydroxylation is 1. The maximum atomic E-state index is 12.4. The average molecular weight is 363 g/mol. The van der Waals surface area contributed by atoms with Crippen LogP contribution in [-0.4, -0.2) is 66.8 Å². The highest BCUT2D eigenvalue weighted by Gasteiger charge is 2.30. The molecule has 1 unspecified atom stereocenters. The van der Waals surface area contributed by atoms with Gasteiger partial charge >= 0.3 is 0 Å². The van der Waals surface area contributed by atoms with Crippen molar-refractivity contribution < 1.29 is 14.3 Å². The molecule has 2 heterocycles. The van der Waals surface area contributed by atoms with Gasteiger partial charge in [-0.1, -0.05) is 6.07 Å². The van der Waals surface area contributed by atoms with Gasteiger partial charge in [-0.3, -0.25) is 4.79 Å². The van der Waals surface area contributed by atoms with Crippen molar-refractivity contribution in [1.82, 2.24) is 9.80 Å². The van der Waals surface area contributed by atoms with Gasteiger partial charge in [0, 0.05) is 32.8 Å². The topological polar surface area (TPSA) is 54.0 Å². The van der Waals surface area contributed by atoms with Crippen LogP contribution in [0.5, 0.6) is 5.75 Å². The van der Waals surface area contributed by atoms with Crippen molar-refractivity contribution in [2.75, 3.05) is 45.2 Å². The Kier molecular flexibility index (Phi) is 5.75. The second-order valence-corrected chi connectivity index (χ2v) is 6.83. The van der Waals surface area contributed by atoms with Crippen LogP contribution in [-0.2, 0) is 9.53 Å². The van der Waals surface area contributed by atoms with Gasteiger partial charge in [0.2, 0.25) is 0 Å². The molecule has 2 fully saturated rings. The molecule has 1 aromatic carbocycles. The first-order valence-corrected chi connectivity index (χ1v) is 9.10. The molecular weight excluding hydrogens is 338 g/mol. The molecule has 0 bridgehead atoms. The Hall–Kier alpha value is -1.86. The molecule has 0 spiro atoms. The normalized spacial score (nSPS) is 20.5. The summed E-state index contributed by atoms with van der Waals surface area (Å²) in [7, 11) is 1.65. The van der Waals surface area contributed by atoms with Gasteiger partial charge in [-0.05, 0) is 49.7 Å². The summed E-state index contributed by atoms with van der Waals surface area (Å²) < 4.78 is 10.9. The van der Waals surface area contributed by atoms with Crippen LogP contribution in [0.25, 0.3) is 0 Å². The third kappa shape index (κ3) is 4.22. The number of benzene rings is 1. The summed E-state index contributed by atoms with van der Waals surface area (Å²) >= 11 is 5.55. The Morgan fingerprint density at radius 2 is 2.00 bits per heavy atom. The van der Waals surface area contributed by atoms with E-state index in [4.69, 9.17) is 21.7 Å². The lowest BCUT2D eigenvalue weighted by atomic mass is 10.2. The van der Waals surface area contributed by atoms with Crippen LogP contribution in [0.2, 0.25) is 0 Å². The Morgan fingerprint density at radius 1 is 1.28 bits per heavy atom. The maximum Gasteiger partial charge on any atom is 0.251 e. The minimum atomic E-state index is -0.242. The van der Waals surface area contributed by atoms with E-state index in [0.29, 0.717) is 24.8 Å². The van der Waals surface area contributed by atoms with Gasteiger partial charge in [0.25, 0.3) is 5.91 Å². The number of carbonyl (C=O) groups excluding carboxylic acids is 1. The van der Waals surface area contributed by atoms with Crippen molar-refractivity contribution in [3.63, 3.8) is 0 Å². The number of anilines is 1. The standard InChI is InChI=1S/C18H25N3O3S/c1-13-5-6-15(23-2)14(12-13)19-18(25)21-9-7-20(8-10-21)17(22)16-4-3-11-24-16/h5-6,12,16H,3-4,7-11H2,1-2H3,(H,19,25). The molecule has 0 saturated carbocycles. The van der Waals surface area contributed by atoms with Crippen LogP contribution in [0.15, 0.2) is 18.2 Å². The van der Waals surface area contributed by atoms with Crippen molar-refractivity contribution in [2.45, 2.75) is 25.9 Å². The van der Waals surface area contributed by atoms with E-state index in [1.165, 1.54) is 0 Å². The SMILES string of the molecule is COc1ccc(C)cc1NC(=S)N1CCN(C(=O)C2CCCO2)CC1. The van der Waals surface area contributed by atoms with Gasteiger partial charge in [0.1, 0.15) is 11.9 Å². The fraction of sp³-hybridized carbons (Fsp3) is 0.556. The molecule has 0 radical (unpaired) electrons. The van der Waals surface area contributed by atoms with Crippen molar-refractivity contribution in [3.05, 3.63) is 23.8 Å². The Labute approximate surface area is 154 Å². The van der Waals surface area contributed by atoms with E-state index in [1.54, 1.807) is 7.11 Å². The zero-order valence-electron chi connectivity index (χ0n) is 14.8. The number of thiocarbonyl (C=S) groups is 1. The Bertz CT molecular complexity index is 638. The van der Waals surface area contributed by atoms with Gasteiger partial charge in [-0.15, -0.1) is 0 Å². The highest BCUT2D eigenvalue weighted by Crippen LogP contribution is 2.25. The van der Waals surface area contributed by atoms with Gasteiger partial charge in [0.15, 0.2) is 5.11 Å². The predicted molar refractivity (Wildman–Crippen MR) is 101 cm³/mol. The molecule has 3 rings (SSSR count). The maximum absolute atomic E-state index is 12.4. The van der Waals surface area contributed by atoms with E-state index >= 15 is 0 Å². The molecule has 1 N–H and O–H groups in total. The number of hydrogen-bond donors (Lipinski definition) is 1. The predicted octanol–water partition coefficient (Wildman–Crippen LogP) is 2.02. The van der Waals surface area contributed by atoms with Gasteiger partial charge in [-0.25, -0.2) is 0 Å². The molecule has 1 amide bonds. The molecule has 136 valence electrons. The second-order valence-electron chi connectivity index (χ2n) is 6.45. The minimum Gasteiger partial charge on any atom is -0.495 e. The summed E-state index contributed by atoms with van der Waals surface area (Å²) in [6.07, 6.45) is 1.57. The van der Waals surface area contributed by atoms with E-state index in [0.717, 1.165) is 42.9 Å². The average Bonchev–Trinajstić information content (AvgIpc) is 3.16. The Morgan fingerprint density at radius 3 is 2.64 bits per heavy atom. The number of rotatable bonds is 3. The van der Waals surface area contributed by atoms with Gasteiger partial charge in [0.05, 0.1) is 12.8 Å². The molecule has 0 aromatic heterocycles. The van der Waals surface area contributed by atoms with Crippen LogP contribution in [0, 0.1) is 6.92 Å². The van der Waals surface area contributed by atoms with Crippen LogP contribution >= 0.6 is 12.2 Å². The van der Waals surface area contributed by atoms with E-state index in [9.17, 15) is 4.79 Å². The summed E-state index contributed by atoms with van der Waals surface area (Å²) in [5.41, 5.74) is 2.00. The third-order valence-corrected chi connectivity index (χ3v) is 5.04. The van der Waals surface area contributed by atoms with Crippen LogP contribution < -0.4 is 10.1 Å². The second kappa shape index (κ2) is 8.01. The third-order valence-electron chi connectivity index (χ3n) is 4.68. The van der Waals surface area contributed by atoms with E-state index in [1.807, 2.05) is 30.0 Å². The van der Waals surface area contributed by atoms with Gasteiger partial charge < -0.3 is 24.6 Å². The Balaban J connectivity index is 1.55. The monoisotopic (exact) mass is 363 g/mol. The molecule has 0 aliphatic carbocycles. The van der Waals surface area contributed by atoms with Crippen LogP contribution in [0.4, 0.5) is 5.69 Å². The highest BCUT2D eigenvalue weighted by molar-refractivity contribution is 7.80. The minimum absolute atomic E-state index is 0.122. The highest BCUT2D eigenvalue weighted by atomic mass is 32.1. The first-order valence-electron chi connectivity index (χ1n) is 8.69. The fourth-order valence-corrected chi connectivity index (χ4v) is 3.51. The molecule has 25 heavy (non-hydrogen) atoms. The first kappa shape index (κ1) is 17.9. The van der Waals surface area contributed by atoms with E-state index in [2.05, 4.69) is 10.2 Å². The van der Waals surface area contributed by atoms with E-state index in [-0.39, 0.29) is 12.0 Å². The van der Waals surface area contributed by atoms with Crippen molar-refractivity contribution in [3.8, 4) is 5.75 Å². The van der Waals surface area contributed by atoms with Crippen molar-refractivity contribution >= 4 is 28.9 Å². The fourth-order valence-electron chi connectivity index (χ4n) is 3.22. The van der Waals surface area contributed by atoms with Crippen LogP contribution in [0.1, 0.15) is 18.4 Å². The lowest BCUT2D eigenvalue weighted by Gasteiger charge is -2.37.